The van der Waals surface area contributed by atoms with E-state index in [1.165, 1.54) is 19.3 Å². The highest BCUT2D eigenvalue weighted by atomic mass is 16.5. The summed E-state index contributed by atoms with van der Waals surface area (Å²) < 4.78 is 12.0. The van der Waals surface area contributed by atoms with Gasteiger partial charge < -0.3 is 9.47 Å². The van der Waals surface area contributed by atoms with Crippen LogP contribution in [0.4, 0.5) is 0 Å². The average Bonchev–Trinajstić information content (AvgIpc) is 2.63. The predicted octanol–water partition coefficient (Wildman–Crippen LogP) is 6.16. The monoisotopic (exact) mass is 358 g/mol. The molecule has 2 fully saturated rings. The maximum absolute atomic E-state index is 12.8. The van der Waals surface area contributed by atoms with E-state index in [2.05, 4.69) is 20.8 Å². The fourth-order valence-corrected chi connectivity index (χ4v) is 4.36. The Bertz CT molecular complexity index is 588. The van der Waals surface area contributed by atoms with Crippen molar-refractivity contribution in [3.05, 3.63) is 29.8 Å². The van der Waals surface area contributed by atoms with E-state index in [0.29, 0.717) is 16.7 Å². The van der Waals surface area contributed by atoms with Gasteiger partial charge in [0.05, 0.1) is 6.10 Å². The zero-order chi connectivity index (χ0) is 18.6. The number of carbonyl (C=O) groups is 1. The molecule has 0 heterocycles. The Morgan fingerprint density at radius 1 is 0.885 bits per heavy atom. The first-order valence-electron chi connectivity index (χ1n) is 10.4. The molecule has 2 aliphatic rings. The first kappa shape index (κ1) is 19.3. The highest BCUT2D eigenvalue weighted by molar-refractivity contribution is 5.92. The van der Waals surface area contributed by atoms with Gasteiger partial charge in [0.15, 0.2) is 0 Å². The van der Waals surface area contributed by atoms with Crippen molar-refractivity contribution in [2.45, 2.75) is 90.8 Å². The van der Waals surface area contributed by atoms with E-state index in [9.17, 15) is 4.79 Å². The van der Waals surface area contributed by atoms with Gasteiger partial charge in [0.2, 0.25) is 0 Å². The lowest BCUT2D eigenvalue weighted by atomic mass is 9.72. The molecule has 2 saturated carbocycles. The quantitative estimate of drug-likeness (QED) is 0.605. The van der Waals surface area contributed by atoms with Crippen LogP contribution in [-0.4, -0.2) is 18.2 Å². The summed E-state index contributed by atoms with van der Waals surface area (Å²) in [5.74, 6) is 1.18. The topological polar surface area (TPSA) is 35.5 Å². The molecule has 0 radical (unpaired) electrons. The molecule has 0 N–H and O–H groups in total. The summed E-state index contributed by atoms with van der Waals surface area (Å²) in [6.07, 6.45) is 10.4. The molecule has 1 aromatic rings. The molecule has 2 aliphatic carbocycles. The minimum absolute atomic E-state index is 0.0452. The second-order valence-electron chi connectivity index (χ2n) is 9.12. The number of hydrogen-bond donors (Lipinski definition) is 0. The normalized spacial score (nSPS) is 24.9. The third-order valence-corrected chi connectivity index (χ3v) is 6.13. The van der Waals surface area contributed by atoms with E-state index in [4.69, 9.17) is 9.47 Å². The number of ether oxygens (including phenoxy) is 2. The summed E-state index contributed by atoms with van der Waals surface area (Å²) in [5, 5.41) is 0. The van der Waals surface area contributed by atoms with Gasteiger partial charge >= 0.3 is 5.97 Å². The van der Waals surface area contributed by atoms with Gasteiger partial charge in [-0.2, -0.15) is 0 Å². The molecule has 0 bridgehead atoms. The van der Waals surface area contributed by atoms with E-state index in [1.807, 2.05) is 24.3 Å². The van der Waals surface area contributed by atoms with Crippen molar-refractivity contribution in [3.8, 4) is 5.75 Å². The van der Waals surface area contributed by atoms with Gasteiger partial charge in [-0.3, -0.25) is 0 Å². The van der Waals surface area contributed by atoms with E-state index >= 15 is 0 Å². The van der Waals surface area contributed by atoms with Crippen molar-refractivity contribution in [1.29, 1.82) is 0 Å². The lowest BCUT2D eigenvalue weighted by molar-refractivity contribution is 0.00871. The molecule has 144 valence electrons. The van der Waals surface area contributed by atoms with E-state index < -0.39 is 0 Å². The fourth-order valence-electron chi connectivity index (χ4n) is 4.36. The van der Waals surface area contributed by atoms with Gasteiger partial charge in [-0.1, -0.05) is 39.3 Å². The Hall–Kier alpha value is -1.51. The van der Waals surface area contributed by atoms with Crippen LogP contribution in [-0.2, 0) is 4.74 Å². The maximum atomic E-state index is 12.8. The third-order valence-electron chi connectivity index (χ3n) is 6.13. The van der Waals surface area contributed by atoms with Crippen LogP contribution in [0.1, 0.15) is 88.9 Å². The smallest absolute Gasteiger partial charge is 0.342 e. The standard InChI is InChI=1S/C23H34O3/c1-23(2,3)17-13-15-19(16-14-17)26-22(24)20-11-7-8-12-21(20)25-18-9-5-4-6-10-18/h7-8,11-12,17-19H,4-6,9-10,13-16H2,1-3H3. The highest BCUT2D eigenvalue weighted by Gasteiger charge is 2.31. The SMILES string of the molecule is CC(C)(C)C1CCC(OC(=O)c2ccccc2OC2CCCCC2)CC1. The zero-order valence-corrected chi connectivity index (χ0v) is 16.6. The maximum Gasteiger partial charge on any atom is 0.342 e. The Balaban J connectivity index is 1.58. The molecule has 0 saturated heterocycles. The van der Waals surface area contributed by atoms with Crippen LogP contribution in [0.3, 0.4) is 0 Å². The lowest BCUT2D eigenvalue weighted by Crippen LogP contribution is -2.30. The fraction of sp³-hybridized carbons (Fsp3) is 0.696. The van der Waals surface area contributed by atoms with E-state index in [-0.39, 0.29) is 18.2 Å². The van der Waals surface area contributed by atoms with Gasteiger partial charge in [0.1, 0.15) is 17.4 Å². The number of carbonyl (C=O) groups excluding carboxylic acids is 1. The summed E-state index contributed by atoms with van der Waals surface area (Å²) in [4.78, 5) is 12.8. The van der Waals surface area contributed by atoms with Crippen LogP contribution in [0.15, 0.2) is 24.3 Å². The number of para-hydroxylation sites is 1. The van der Waals surface area contributed by atoms with Crippen molar-refractivity contribution < 1.29 is 14.3 Å². The molecule has 0 aromatic heterocycles. The summed E-state index contributed by atoms with van der Waals surface area (Å²) >= 11 is 0. The Labute approximate surface area is 158 Å². The third kappa shape index (κ3) is 5.02. The Morgan fingerprint density at radius 3 is 2.19 bits per heavy atom. The minimum Gasteiger partial charge on any atom is -0.490 e. The number of rotatable bonds is 4. The van der Waals surface area contributed by atoms with Gasteiger partial charge in [-0.05, 0) is 74.8 Å². The van der Waals surface area contributed by atoms with Crippen molar-refractivity contribution in [3.63, 3.8) is 0 Å². The molecule has 0 amide bonds. The van der Waals surface area contributed by atoms with Gasteiger partial charge in [0.25, 0.3) is 0 Å². The van der Waals surface area contributed by atoms with Crippen molar-refractivity contribution in [2.24, 2.45) is 11.3 Å². The Morgan fingerprint density at radius 2 is 1.54 bits per heavy atom. The molecule has 3 nitrogen and oxygen atoms in total. The summed E-state index contributed by atoms with van der Waals surface area (Å²) in [5.41, 5.74) is 0.922. The van der Waals surface area contributed by atoms with Crippen LogP contribution < -0.4 is 4.74 Å². The van der Waals surface area contributed by atoms with Crippen LogP contribution in [0, 0.1) is 11.3 Å². The van der Waals surface area contributed by atoms with Crippen molar-refractivity contribution >= 4 is 5.97 Å². The molecule has 0 aliphatic heterocycles. The van der Waals surface area contributed by atoms with Gasteiger partial charge in [0, 0.05) is 0 Å². The molecule has 26 heavy (non-hydrogen) atoms. The van der Waals surface area contributed by atoms with Crippen LogP contribution >= 0.6 is 0 Å². The largest absolute Gasteiger partial charge is 0.490 e. The summed E-state index contributed by atoms with van der Waals surface area (Å²) in [6.45, 7) is 6.93. The van der Waals surface area contributed by atoms with Crippen LogP contribution in [0.2, 0.25) is 0 Å². The molecular weight excluding hydrogens is 324 g/mol. The molecule has 3 heteroatoms. The number of hydrogen-bond acceptors (Lipinski definition) is 3. The van der Waals surface area contributed by atoms with Gasteiger partial charge in [-0.25, -0.2) is 4.79 Å². The molecule has 1 aromatic carbocycles. The molecule has 0 unspecified atom stereocenters. The number of benzene rings is 1. The molecule has 0 spiro atoms. The molecular formula is C23H34O3. The van der Waals surface area contributed by atoms with Crippen LogP contribution in [0.25, 0.3) is 0 Å². The van der Waals surface area contributed by atoms with E-state index in [0.717, 1.165) is 44.4 Å². The minimum atomic E-state index is -0.226. The highest BCUT2D eigenvalue weighted by Crippen LogP contribution is 2.39. The van der Waals surface area contributed by atoms with Crippen molar-refractivity contribution in [2.75, 3.05) is 0 Å². The van der Waals surface area contributed by atoms with E-state index in [1.54, 1.807) is 0 Å². The Kier molecular flexibility index (Phi) is 6.26. The zero-order valence-electron chi connectivity index (χ0n) is 16.6. The first-order valence-corrected chi connectivity index (χ1v) is 10.4. The van der Waals surface area contributed by atoms with Gasteiger partial charge in [-0.15, -0.1) is 0 Å². The first-order chi connectivity index (χ1) is 12.4. The van der Waals surface area contributed by atoms with Crippen molar-refractivity contribution in [1.82, 2.24) is 0 Å². The second kappa shape index (κ2) is 8.45. The lowest BCUT2D eigenvalue weighted by Gasteiger charge is -2.36. The van der Waals surface area contributed by atoms with Crippen LogP contribution in [0.5, 0.6) is 5.75 Å². The molecule has 0 atom stereocenters. The number of esters is 1. The summed E-state index contributed by atoms with van der Waals surface area (Å²) in [6, 6.07) is 7.56. The summed E-state index contributed by atoms with van der Waals surface area (Å²) in [7, 11) is 0. The average molecular weight is 359 g/mol. The molecule has 3 rings (SSSR count). The second-order valence-corrected chi connectivity index (χ2v) is 9.12. The predicted molar refractivity (Wildman–Crippen MR) is 105 cm³/mol.